The molecule has 0 unspecified atom stereocenters. The third kappa shape index (κ3) is 5.28. The number of nitrogens with zero attached hydrogens (tertiary/aromatic N) is 5. The molecule has 0 atom stereocenters. The van der Waals surface area contributed by atoms with E-state index >= 15 is 0 Å². The maximum atomic E-state index is 13.9. The van der Waals surface area contributed by atoms with E-state index in [0.717, 1.165) is 56.7 Å². The molecular weight excluding hydrogens is 577 g/mol. The van der Waals surface area contributed by atoms with Crippen LogP contribution in [-0.2, 0) is 0 Å². The molecule has 0 amide bonds. The smallest absolute Gasteiger partial charge is 0.234 e. The molecule has 0 aliphatic rings. The summed E-state index contributed by atoms with van der Waals surface area (Å²) in [7, 11) is 0. The molecule has 0 bridgehead atoms. The number of rotatable bonds is 7. The molecule has 0 radical (unpaired) electrons. The number of aromatic nitrogens is 5. The predicted octanol–water partition coefficient (Wildman–Crippen LogP) is 9.42. The van der Waals surface area contributed by atoms with E-state index in [4.69, 9.17) is 9.47 Å². The summed E-state index contributed by atoms with van der Waals surface area (Å²) >= 11 is 0. The Bertz CT molecular complexity index is 2180. The van der Waals surface area contributed by atoms with E-state index < -0.39 is 5.82 Å². The minimum atomic E-state index is -0.516. The lowest BCUT2D eigenvalue weighted by Gasteiger charge is -2.10. The van der Waals surface area contributed by atoms with E-state index in [1.807, 2.05) is 126 Å². The number of ether oxygens (including phenoxy) is 2. The predicted molar refractivity (Wildman–Crippen MR) is 176 cm³/mol. The Hall–Kier alpha value is -6.41. The summed E-state index contributed by atoms with van der Waals surface area (Å²) in [5.41, 5.74) is 5.22. The first-order valence-electron chi connectivity index (χ1n) is 14.6. The largest absolute Gasteiger partial charge is 0.457 e. The fourth-order valence-electron chi connectivity index (χ4n) is 5.52. The third-order valence-electron chi connectivity index (χ3n) is 7.58. The summed E-state index contributed by atoms with van der Waals surface area (Å²) in [6.07, 6.45) is 5.85. The van der Waals surface area contributed by atoms with Crippen LogP contribution in [0.3, 0.4) is 0 Å². The minimum Gasteiger partial charge on any atom is -0.457 e. The number of hydrogen-bond acceptors (Lipinski definition) is 6. The molecule has 4 aromatic heterocycles. The standard InChI is InChI=1S/C38H24FN5O2/c39-27-23-42-38(43-24-27)44-36-21-30(45-28-9-5-7-25(19-28)34-11-1-3-17-40-34)13-15-32(36)33-16-14-31(22-37(33)44)46-29-10-6-8-26(20-29)35-12-2-4-18-41-35/h1-24H. The zero-order valence-electron chi connectivity index (χ0n) is 24.3. The Labute approximate surface area is 263 Å². The Kier molecular flexibility index (Phi) is 6.84. The lowest BCUT2D eigenvalue weighted by atomic mass is 10.1. The van der Waals surface area contributed by atoms with Crippen LogP contribution in [0.15, 0.2) is 146 Å². The van der Waals surface area contributed by atoms with Crippen LogP contribution in [-0.4, -0.2) is 24.5 Å². The number of fused-ring (bicyclic) bond motifs is 3. The second-order valence-electron chi connectivity index (χ2n) is 10.6. The van der Waals surface area contributed by atoms with Gasteiger partial charge in [0, 0.05) is 46.4 Å². The zero-order valence-corrected chi connectivity index (χ0v) is 24.3. The van der Waals surface area contributed by atoms with Crippen LogP contribution in [0.2, 0.25) is 0 Å². The summed E-state index contributed by atoms with van der Waals surface area (Å²) in [6, 6.07) is 38.9. The highest BCUT2D eigenvalue weighted by atomic mass is 19.1. The van der Waals surface area contributed by atoms with Crippen molar-refractivity contribution >= 4 is 21.8 Å². The second kappa shape index (κ2) is 11.6. The molecule has 46 heavy (non-hydrogen) atoms. The van der Waals surface area contributed by atoms with Gasteiger partial charge in [0.2, 0.25) is 5.95 Å². The summed E-state index contributed by atoms with van der Waals surface area (Å²) in [5.74, 6) is 2.40. The van der Waals surface area contributed by atoms with Crippen LogP contribution in [0.25, 0.3) is 50.3 Å². The Morgan fingerprint density at radius 2 is 0.978 bits per heavy atom. The molecule has 4 aromatic carbocycles. The van der Waals surface area contributed by atoms with Crippen molar-refractivity contribution < 1.29 is 13.9 Å². The molecule has 8 aromatic rings. The van der Waals surface area contributed by atoms with E-state index in [1.54, 1.807) is 12.4 Å². The molecule has 0 aliphatic heterocycles. The molecule has 8 rings (SSSR count). The van der Waals surface area contributed by atoms with Crippen molar-refractivity contribution in [2.24, 2.45) is 0 Å². The lowest BCUT2D eigenvalue weighted by Crippen LogP contribution is -2.01. The third-order valence-corrected chi connectivity index (χ3v) is 7.58. The lowest BCUT2D eigenvalue weighted by molar-refractivity contribution is 0.483. The molecule has 220 valence electrons. The van der Waals surface area contributed by atoms with Crippen molar-refractivity contribution in [1.29, 1.82) is 0 Å². The topological polar surface area (TPSA) is 75.0 Å². The van der Waals surface area contributed by atoms with E-state index in [1.165, 1.54) is 0 Å². The van der Waals surface area contributed by atoms with Gasteiger partial charge in [-0.1, -0.05) is 36.4 Å². The fraction of sp³-hybridized carbons (Fsp3) is 0. The summed E-state index contributed by atoms with van der Waals surface area (Å²) in [6.45, 7) is 0. The second-order valence-corrected chi connectivity index (χ2v) is 10.6. The number of hydrogen-bond donors (Lipinski definition) is 0. The van der Waals surface area contributed by atoms with Gasteiger partial charge in [0.15, 0.2) is 5.82 Å². The SMILES string of the molecule is Fc1cnc(-n2c3cc(Oc4cccc(-c5ccccn5)c4)ccc3c3ccc(Oc4cccc(-c5ccccn5)c4)cc32)nc1. The first-order valence-corrected chi connectivity index (χ1v) is 14.6. The average molecular weight is 602 g/mol. The van der Waals surface area contributed by atoms with Crippen molar-refractivity contribution in [3.8, 4) is 51.5 Å². The molecule has 0 saturated carbocycles. The number of benzene rings is 4. The van der Waals surface area contributed by atoms with Crippen LogP contribution >= 0.6 is 0 Å². The van der Waals surface area contributed by atoms with Crippen molar-refractivity contribution in [3.05, 3.63) is 152 Å². The van der Waals surface area contributed by atoms with Crippen molar-refractivity contribution in [1.82, 2.24) is 24.5 Å². The number of pyridine rings is 2. The Morgan fingerprint density at radius 1 is 0.478 bits per heavy atom. The molecule has 7 nitrogen and oxygen atoms in total. The van der Waals surface area contributed by atoms with Gasteiger partial charge in [-0.25, -0.2) is 14.4 Å². The Morgan fingerprint density at radius 3 is 1.46 bits per heavy atom. The molecule has 4 heterocycles. The normalized spacial score (nSPS) is 11.2. The van der Waals surface area contributed by atoms with Crippen molar-refractivity contribution in [3.63, 3.8) is 0 Å². The highest BCUT2D eigenvalue weighted by Crippen LogP contribution is 2.37. The van der Waals surface area contributed by atoms with Gasteiger partial charge in [-0.3, -0.25) is 14.5 Å². The van der Waals surface area contributed by atoms with Crippen LogP contribution in [0.4, 0.5) is 4.39 Å². The van der Waals surface area contributed by atoms with Gasteiger partial charge in [-0.15, -0.1) is 0 Å². The van der Waals surface area contributed by atoms with E-state index in [2.05, 4.69) is 19.9 Å². The van der Waals surface area contributed by atoms with Gasteiger partial charge in [-0.05, 0) is 72.8 Å². The van der Waals surface area contributed by atoms with E-state index in [-0.39, 0.29) is 0 Å². The highest BCUT2D eigenvalue weighted by molar-refractivity contribution is 6.09. The fourth-order valence-corrected chi connectivity index (χ4v) is 5.52. The Balaban J connectivity index is 1.20. The van der Waals surface area contributed by atoms with Crippen molar-refractivity contribution in [2.45, 2.75) is 0 Å². The maximum Gasteiger partial charge on any atom is 0.234 e. The maximum absolute atomic E-state index is 13.9. The monoisotopic (exact) mass is 601 g/mol. The molecule has 0 aliphatic carbocycles. The van der Waals surface area contributed by atoms with Gasteiger partial charge >= 0.3 is 0 Å². The highest BCUT2D eigenvalue weighted by Gasteiger charge is 2.17. The summed E-state index contributed by atoms with van der Waals surface area (Å²) in [4.78, 5) is 17.5. The van der Waals surface area contributed by atoms with Gasteiger partial charge in [0.25, 0.3) is 0 Å². The van der Waals surface area contributed by atoms with Gasteiger partial charge in [0.1, 0.15) is 23.0 Å². The molecular formula is C38H24FN5O2. The molecule has 0 N–H and O–H groups in total. The summed E-state index contributed by atoms with van der Waals surface area (Å²) < 4.78 is 28.5. The zero-order chi connectivity index (χ0) is 30.9. The molecule has 0 saturated heterocycles. The van der Waals surface area contributed by atoms with Gasteiger partial charge in [-0.2, -0.15) is 0 Å². The van der Waals surface area contributed by atoms with Crippen LogP contribution < -0.4 is 9.47 Å². The van der Waals surface area contributed by atoms with Crippen molar-refractivity contribution in [2.75, 3.05) is 0 Å². The van der Waals surface area contributed by atoms with E-state index in [0.29, 0.717) is 28.9 Å². The number of halogens is 1. The van der Waals surface area contributed by atoms with Gasteiger partial charge in [0.05, 0.1) is 34.8 Å². The van der Waals surface area contributed by atoms with Crippen LogP contribution in [0, 0.1) is 5.82 Å². The first-order chi connectivity index (χ1) is 22.7. The average Bonchev–Trinajstić information content (AvgIpc) is 3.42. The first kappa shape index (κ1) is 27.2. The quantitative estimate of drug-likeness (QED) is 0.181. The van der Waals surface area contributed by atoms with Crippen LogP contribution in [0.5, 0.6) is 23.0 Å². The van der Waals surface area contributed by atoms with Crippen LogP contribution in [0.1, 0.15) is 0 Å². The van der Waals surface area contributed by atoms with Gasteiger partial charge < -0.3 is 9.47 Å². The molecule has 8 heteroatoms. The minimum absolute atomic E-state index is 0.324. The van der Waals surface area contributed by atoms with E-state index in [9.17, 15) is 4.39 Å². The summed E-state index contributed by atoms with van der Waals surface area (Å²) in [5, 5.41) is 1.92. The molecule has 0 spiro atoms. The molecule has 0 fully saturated rings.